The van der Waals surface area contributed by atoms with Gasteiger partial charge in [0, 0.05) is 17.1 Å². The lowest BCUT2D eigenvalue weighted by Gasteiger charge is -2.18. The number of thioether (sulfide) groups is 1. The van der Waals surface area contributed by atoms with Crippen LogP contribution in [-0.4, -0.2) is 35.7 Å². The molecule has 7 heteroatoms. The Morgan fingerprint density at radius 2 is 2.05 bits per heavy atom. The zero-order valence-corrected chi connectivity index (χ0v) is 13.5. The second kappa shape index (κ2) is 8.79. The summed E-state index contributed by atoms with van der Waals surface area (Å²) in [7, 11) is 0. The summed E-state index contributed by atoms with van der Waals surface area (Å²) in [5.74, 6) is 0.0809. The number of carboxylic acid groups (broad SMARTS) is 1. The maximum absolute atomic E-state index is 11.8. The lowest BCUT2D eigenvalue weighted by molar-refractivity contribution is -0.139. The molecule has 1 unspecified atom stereocenters. The fourth-order valence-corrected chi connectivity index (χ4v) is 2.71. The van der Waals surface area contributed by atoms with Crippen LogP contribution in [0.2, 0.25) is 5.02 Å². The van der Waals surface area contributed by atoms with Gasteiger partial charge in [-0.15, -0.1) is 0 Å². The molecule has 0 aliphatic heterocycles. The maximum Gasteiger partial charge on any atom is 0.331 e. The van der Waals surface area contributed by atoms with Crippen LogP contribution in [0.5, 0.6) is 0 Å². The van der Waals surface area contributed by atoms with Gasteiger partial charge in [-0.2, -0.15) is 11.8 Å². The molecule has 1 aromatic carbocycles. The van der Waals surface area contributed by atoms with E-state index in [1.54, 1.807) is 36.0 Å². The topological polar surface area (TPSA) is 78.4 Å². The van der Waals surface area contributed by atoms with Crippen LogP contribution < -0.4 is 10.6 Å². The SMILES string of the molecule is CSCC(C)CNC(=O)N[C@@H](C(=O)O)c1ccccc1Cl. The molecule has 0 saturated heterocycles. The molecule has 5 nitrogen and oxygen atoms in total. The largest absolute Gasteiger partial charge is 0.479 e. The molecule has 21 heavy (non-hydrogen) atoms. The monoisotopic (exact) mass is 330 g/mol. The van der Waals surface area contributed by atoms with Crippen molar-refractivity contribution in [1.82, 2.24) is 10.6 Å². The normalized spacial score (nSPS) is 13.3. The standard InChI is InChI=1S/C14H19ClN2O3S/c1-9(8-21-2)7-16-14(20)17-12(13(18)19)10-5-3-4-6-11(10)15/h3-6,9,12H,7-8H2,1-2H3,(H,18,19)(H2,16,17,20)/t9?,12-/m1/s1. The Balaban J connectivity index is 2.66. The van der Waals surface area contributed by atoms with E-state index in [4.69, 9.17) is 11.6 Å². The number of amides is 2. The number of carbonyl (C=O) groups excluding carboxylic acids is 1. The number of carbonyl (C=O) groups is 2. The van der Waals surface area contributed by atoms with Gasteiger partial charge in [-0.3, -0.25) is 0 Å². The Bertz CT molecular complexity index is 499. The molecule has 0 bridgehead atoms. The molecule has 116 valence electrons. The van der Waals surface area contributed by atoms with Crippen molar-refractivity contribution in [2.45, 2.75) is 13.0 Å². The fraction of sp³-hybridized carbons (Fsp3) is 0.429. The second-order valence-corrected chi connectivity index (χ2v) is 6.03. The van der Waals surface area contributed by atoms with E-state index in [9.17, 15) is 14.7 Å². The van der Waals surface area contributed by atoms with Crippen LogP contribution in [0.1, 0.15) is 18.5 Å². The highest BCUT2D eigenvalue weighted by atomic mass is 35.5. The summed E-state index contributed by atoms with van der Waals surface area (Å²) in [6, 6.07) is 4.86. The van der Waals surface area contributed by atoms with Gasteiger partial charge in [-0.05, 0) is 24.0 Å². The lowest BCUT2D eigenvalue weighted by atomic mass is 10.1. The summed E-state index contributed by atoms with van der Waals surface area (Å²) in [5.41, 5.74) is 0.360. The number of benzene rings is 1. The number of hydrogen-bond acceptors (Lipinski definition) is 3. The minimum Gasteiger partial charge on any atom is -0.479 e. The molecule has 1 rings (SSSR count). The maximum atomic E-state index is 11.8. The van der Waals surface area contributed by atoms with E-state index in [2.05, 4.69) is 10.6 Å². The van der Waals surface area contributed by atoms with E-state index in [0.717, 1.165) is 5.75 Å². The predicted molar refractivity (Wildman–Crippen MR) is 85.9 cm³/mol. The number of carboxylic acids is 1. The molecule has 2 amide bonds. The first-order valence-corrected chi connectivity index (χ1v) is 8.23. The number of aliphatic carboxylic acids is 1. The molecule has 0 aliphatic rings. The van der Waals surface area contributed by atoms with E-state index in [1.807, 2.05) is 13.2 Å². The van der Waals surface area contributed by atoms with E-state index in [1.165, 1.54) is 0 Å². The van der Waals surface area contributed by atoms with Crippen LogP contribution in [0.3, 0.4) is 0 Å². The number of nitrogens with one attached hydrogen (secondary N) is 2. The van der Waals surface area contributed by atoms with E-state index >= 15 is 0 Å². The van der Waals surface area contributed by atoms with Crippen molar-refractivity contribution >= 4 is 35.4 Å². The zero-order valence-electron chi connectivity index (χ0n) is 11.9. The smallest absolute Gasteiger partial charge is 0.331 e. The Morgan fingerprint density at radius 1 is 1.38 bits per heavy atom. The van der Waals surface area contributed by atoms with Crippen molar-refractivity contribution in [3.63, 3.8) is 0 Å². The van der Waals surface area contributed by atoms with Crippen molar-refractivity contribution in [2.75, 3.05) is 18.6 Å². The molecule has 0 spiro atoms. The van der Waals surface area contributed by atoms with Gasteiger partial charge in [0.1, 0.15) is 0 Å². The van der Waals surface area contributed by atoms with Crippen LogP contribution in [0.15, 0.2) is 24.3 Å². The summed E-state index contributed by atoms with van der Waals surface area (Å²) < 4.78 is 0. The second-order valence-electron chi connectivity index (χ2n) is 4.71. The van der Waals surface area contributed by atoms with Gasteiger partial charge >= 0.3 is 12.0 Å². The van der Waals surface area contributed by atoms with Crippen LogP contribution >= 0.6 is 23.4 Å². The summed E-state index contributed by atoms with van der Waals surface area (Å²) >= 11 is 7.67. The molecular formula is C14H19ClN2O3S. The first-order chi connectivity index (χ1) is 9.95. The van der Waals surface area contributed by atoms with Gasteiger partial charge in [-0.1, -0.05) is 36.7 Å². The molecular weight excluding hydrogens is 312 g/mol. The van der Waals surface area contributed by atoms with E-state index < -0.39 is 18.0 Å². The molecule has 1 aromatic rings. The lowest BCUT2D eigenvalue weighted by Crippen LogP contribution is -2.42. The molecule has 2 atom stereocenters. The van der Waals surface area contributed by atoms with Gasteiger partial charge < -0.3 is 15.7 Å². The first kappa shape index (κ1) is 17.7. The third-order valence-electron chi connectivity index (χ3n) is 2.80. The number of rotatable bonds is 7. The highest BCUT2D eigenvalue weighted by Gasteiger charge is 2.24. The van der Waals surface area contributed by atoms with Crippen molar-refractivity contribution in [3.8, 4) is 0 Å². The minimum absolute atomic E-state index is 0.306. The van der Waals surface area contributed by atoms with Crippen molar-refractivity contribution < 1.29 is 14.7 Å². The Labute approximate surface area is 133 Å². The van der Waals surface area contributed by atoms with Gasteiger partial charge in [0.05, 0.1) is 0 Å². The molecule has 0 saturated carbocycles. The molecule has 3 N–H and O–H groups in total. The molecule has 0 aromatic heterocycles. The molecule has 0 radical (unpaired) electrons. The third-order valence-corrected chi connectivity index (χ3v) is 4.05. The Kier molecular flexibility index (Phi) is 7.39. The van der Waals surface area contributed by atoms with Crippen molar-refractivity contribution in [1.29, 1.82) is 0 Å². The average Bonchev–Trinajstić information content (AvgIpc) is 2.43. The number of hydrogen-bond donors (Lipinski definition) is 3. The van der Waals surface area contributed by atoms with Crippen LogP contribution in [0, 0.1) is 5.92 Å². The summed E-state index contributed by atoms with van der Waals surface area (Å²) in [5, 5.41) is 14.7. The van der Waals surface area contributed by atoms with Crippen molar-refractivity contribution in [3.05, 3.63) is 34.9 Å². The Morgan fingerprint density at radius 3 is 2.62 bits per heavy atom. The third kappa shape index (κ3) is 5.85. The molecule has 0 fully saturated rings. The summed E-state index contributed by atoms with van der Waals surface area (Å²) in [4.78, 5) is 23.1. The highest BCUT2D eigenvalue weighted by Crippen LogP contribution is 2.22. The molecule has 0 aliphatic carbocycles. The van der Waals surface area contributed by atoms with Crippen molar-refractivity contribution in [2.24, 2.45) is 5.92 Å². The summed E-state index contributed by atoms with van der Waals surface area (Å²) in [6.45, 7) is 2.50. The molecule has 0 heterocycles. The number of halogens is 1. The van der Waals surface area contributed by atoms with E-state index in [0.29, 0.717) is 23.0 Å². The zero-order chi connectivity index (χ0) is 15.8. The van der Waals surface area contributed by atoms with Gasteiger partial charge in [0.2, 0.25) is 0 Å². The quantitative estimate of drug-likeness (QED) is 0.718. The van der Waals surface area contributed by atoms with E-state index in [-0.39, 0.29) is 0 Å². The van der Waals surface area contributed by atoms with Crippen LogP contribution in [0.4, 0.5) is 4.79 Å². The number of urea groups is 1. The van der Waals surface area contributed by atoms with Crippen LogP contribution in [0.25, 0.3) is 0 Å². The van der Waals surface area contributed by atoms with Gasteiger partial charge in [0.15, 0.2) is 6.04 Å². The Hall–Kier alpha value is -1.40. The van der Waals surface area contributed by atoms with Gasteiger partial charge in [0.25, 0.3) is 0 Å². The average molecular weight is 331 g/mol. The highest BCUT2D eigenvalue weighted by molar-refractivity contribution is 7.98. The first-order valence-electron chi connectivity index (χ1n) is 6.46. The van der Waals surface area contributed by atoms with Gasteiger partial charge in [-0.25, -0.2) is 9.59 Å². The van der Waals surface area contributed by atoms with Crippen LogP contribution in [-0.2, 0) is 4.79 Å². The minimum atomic E-state index is -1.17. The summed E-state index contributed by atoms with van der Waals surface area (Å²) in [6.07, 6.45) is 1.99. The fourth-order valence-electron chi connectivity index (χ4n) is 1.77. The predicted octanol–water partition coefficient (Wildman–Crippen LogP) is 2.76.